The van der Waals surface area contributed by atoms with E-state index in [1.54, 1.807) is 6.92 Å². The molecule has 0 radical (unpaired) electrons. The van der Waals surface area contributed by atoms with Gasteiger partial charge in [0.15, 0.2) is 0 Å². The molecule has 0 saturated carbocycles. The van der Waals surface area contributed by atoms with E-state index in [-0.39, 0.29) is 0 Å². The highest BCUT2D eigenvalue weighted by Crippen LogP contribution is 2.20. The third-order valence-corrected chi connectivity index (χ3v) is 2.54. The molecular formula is C13H22N2O. The number of hydrogen-bond acceptors (Lipinski definition) is 3. The minimum atomic E-state index is -0.455. The minimum Gasteiger partial charge on any atom is -0.389 e. The Bertz CT molecular complexity index is 346. The average Bonchev–Trinajstić information content (AvgIpc) is 2.15. The minimum absolute atomic E-state index is 0.420. The van der Waals surface area contributed by atoms with Gasteiger partial charge in [-0.25, -0.2) is 0 Å². The van der Waals surface area contributed by atoms with Gasteiger partial charge >= 0.3 is 0 Å². The van der Waals surface area contributed by atoms with Crippen molar-refractivity contribution in [3.63, 3.8) is 0 Å². The molecule has 0 aromatic carbocycles. The van der Waals surface area contributed by atoms with Crippen molar-refractivity contribution in [1.82, 2.24) is 9.88 Å². The molecule has 16 heavy (non-hydrogen) atoms. The van der Waals surface area contributed by atoms with Crippen LogP contribution in [0.1, 0.15) is 49.7 Å². The van der Waals surface area contributed by atoms with Crippen LogP contribution in [-0.4, -0.2) is 29.1 Å². The van der Waals surface area contributed by atoms with Crippen LogP contribution >= 0.6 is 0 Å². The van der Waals surface area contributed by atoms with Crippen LogP contribution in [0.2, 0.25) is 0 Å². The lowest BCUT2D eigenvalue weighted by Gasteiger charge is -2.17. The molecule has 0 spiro atoms. The van der Waals surface area contributed by atoms with Gasteiger partial charge in [0.2, 0.25) is 0 Å². The quantitative estimate of drug-likeness (QED) is 0.849. The summed E-state index contributed by atoms with van der Waals surface area (Å²) in [6.07, 6.45) is -0.455. The van der Waals surface area contributed by atoms with Gasteiger partial charge in [0.25, 0.3) is 0 Å². The van der Waals surface area contributed by atoms with E-state index >= 15 is 0 Å². The second-order valence-electron chi connectivity index (χ2n) is 4.84. The maximum absolute atomic E-state index is 9.69. The lowest BCUT2D eigenvalue weighted by atomic mass is 10.0. The topological polar surface area (TPSA) is 36.4 Å². The first-order chi connectivity index (χ1) is 7.41. The van der Waals surface area contributed by atoms with E-state index in [2.05, 4.69) is 23.7 Å². The van der Waals surface area contributed by atoms with Crippen molar-refractivity contribution in [2.45, 2.75) is 39.3 Å². The zero-order valence-corrected chi connectivity index (χ0v) is 10.9. The van der Waals surface area contributed by atoms with Crippen LogP contribution < -0.4 is 0 Å². The fourth-order valence-electron chi connectivity index (χ4n) is 1.66. The highest BCUT2D eigenvalue weighted by atomic mass is 16.3. The van der Waals surface area contributed by atoms with Crippen LogP contribution in [0.5, 0.6) is 0 Å². The Kier molecular flexibility index (Phi) is 4.44. The van der Waals surface area contributed by atoms with Crippen LogP contribution in [0.3, 0.4) is 0 Å². The predicted octanol–water partition coefficient (Wildman–Crippen LogP) is 2.32. The predicted molar refractivity (Wildman–Crippen MR) is 66.4 cm³/mol. The highest BCUT2D eigenvalue weighted by Gasteiger charge is 2.12. The third kappa shape index (κ3) is 3.29. The summed E-state index contributed by atoms with van der Waals surface area (Å²) in [4.78, 5) is 6.70. The van der Waals surface area contributed by atoms with Crippen molar-refractivity contribution < 1.29 is 5.11 Å². The van der Waals surface area contributed by atoms with Gasteiger partial charge in [0.05, 0.1) is 11.8 Å². The van der Waals surface area contributed by atoms with Crippen molar-refractivity contribution in [3.8, 4) is 0 Å². The van der Waals surface area contributed by atoms with E-state index < -0.39 is 6.10 Å². The summed E-state index contributed by atoms with van der Waals surface area (Å²) in [5.74, 6) is 0.420. The normalized spacial score (nSPS) is 13.5. The molecule has 0 bridgehead atoms. The monoisotopic (exact) mass is 222 g/mol. The van der Waals surface area contributed by atoms with Crippen LogP contribution in [0, 0.1) is 0 Å². The van der Waals surface area contributed by atoms with E-state index in [1.807, 2.05) is 26.2 Å². The summed E-state index contributed by atoms with van der Waals surface area (Å²) in [6, 6.07) is 4.00. The Hall–Kier alpha value is -0.930. The number of aliphatic hydroxyl groups is 1. The van der Waals surface area contributed by atoms with Gasteiger partial charge in [-0.05, 0) is 33.0 Å². The van der Waals surface area contributed by atoms with Crippen LogP contribution in [-0.2, 0) is 6.54 Å². The zero-order chi connectivity index (χ0) is 12.3. The largest absolute Gasteiger partial charge is 0.389 e. The average molecular weight is 222 g/mol. The number of rotatable bonds is 4. The van der Waals surface area contributed by atoms with E-state index in [0.29, 0.717) is 5.92 Å². The summed E-state index contributed by atoms with van der Waals surface area (Å²) in [7, 11) is 4.02. The van der Waals surface area contributed by atoms with Gasteiger partial charge < -0.3 is 10.0 Å². The molecule has 90 valence electrons. The third-order valence-electron chi connectivity index (χ3n) is 2.54. The summed E-state index contributed by atoms with van der Waals surface area (Å²) in [5.41, 5.74) is 2.99. The maximum atomic E-state index is 9.69. The molecule has 0 aliphatic carbocycles. The lowest BCUT2D eigenvalue weighted by molar-refractivity contribution is 0.196. The van der Waals surface area contributed by atoms with Crippen molar-refractivity contribution in [2.24, 2.45) is 0 Å². The standard InChI is InChI=1S/C13H22N2O/c1-9(2)12-7-6-11(10(3)16)13(14-12)8-15(4)5/h6-7,9-10,16H,8H2,1-5H3/t10-/m0/s1. The Morgan fingerprint density at radius 1 is 1.25 bits per heavy atom. The number of aromatic nitrogens is 1. The summed E-state index contributed by atoms with van der Waals surface area (Å²) >= 11 is 0. The van der Waals surface area contributed by atoms with Gasteiger partial charge in [0, 0.05) is 17.8 Å². The van der Waals surface area contributed by atoms with Crippen molar-refractivity contribution in [2.75, 3.05) is 14.1 Å². The molecule has 1 heterocycles. The maximum Gasteiger partial charge on any atom is 0.0780 e. The first-order valence-electron chi connectivity index (χ1n) is 5.74. The Morgan fingerprint density at radius 3 is 2.31 bits per heavy atom. The molecule has 0 aliphatic rings. The fourth-order valence-corrected chi connectivity index (χ4v) is 1.66. The second kappa shape index (κ2) is 5.41. The molecule has 1 aromatic rings. The molecule has 0 unspecified atom stereocenters. The van der Waals surface area contributed by atoms with Crippen LogP contribution in [0.25, 0.3) is 0 Å². The molecule has 3 nitrogen and oxygen atoms in total. The molecule has 1 atom stereocenters. The van der Waals surface area contributed by atoms with Gasteiger partial charge in [-0.15, -0.1) is 0 Å². The van der Waals surface area contributed by atoms with E-state index in [9.17, 15) is 5.11 Å². The Morgan fingerprint density at radius 2 is 1.88 bits per heavy atom. The lowest BCUT2D eigenvalue weighted by Crippen LogP contribution is -2.15. The SMILES string of the molecule is CC(C)c1ccc([C@H](C)O)c(CN(C)C)n1. The summed E-state index contributed by atoms with van der Waals surface area (Å²) in [6.45, 7) is 6.81. The fraction of sp³-hybridized carbons (Fsp3) is 0.615. The first-order valence-corrected chi connectivity index (χ1v) is 5.74. The smallest absolute Gasteiger partial charge is 0.0780 e. The zero-order valence-electron chi connectivity index (χ0n) is 10.9. The number of aliphatic hydroxyl groups excluding tert-OH is 1. The van der Waals surface area contributed by atoms with Gasteiger partial charge in [-0.2, -0.15) is 0 Å². The van der Waals surface area contributed by atoms with Gasteiger partial charge in [-0.3, -0.25) is 4.98 Å². The summed E-state index contributed by atoms with van der Waals surface area (Å²) in [5, 5.41) is 9.69. The Balaban J connectivity index is 3.10. The van der Waals surface area contributed by atoms with Crippen molar-refractivity contribution in [1.29, 1.82) is 0 Å². The molecule has 1 rings (SSSR count). The first kappa shape index (κ1) is 13.1. The second-order valence-corrected chi connectivity index (χ2v) is 4.84. The molecule has 1 aromatic heterocycles. The van der Waals surface area contributed by atoms with E-state index in [4.69, 9.17) is 0 Å². The van der Waals surface area contributed by atoms with Gasteiger partial charge in [-0.1, -0.05) is 19.9 Å². The number of pyridine rings is 1. The molecule has 0 amide bonds. The number of nitrogens with zero attached hydrogens (tertiary/aromatic N) is 2. The van der Waals surface area contributed by atoms with Gasteiger partial charge in [0.1, 0.15) is 0 Å². The van der Waals surface area contributed by atoms with Crippen molar-refractivity contribution in [3.05, 3.63) is 29.1 Å². The molecule has 3 heteroatoms. The molecule has 0 aliphatic heterocycles. The molecule has 0 fully saturated rings. The van der Waals surface area contributed by atoms with E-state index in [0.717, 1.165) is 23.5 Å². The van der Waals surface area contributed by atoms with E-state index in [1.165, 1.54) is 0 Å². The molecule has 0 saturated heterocycles. The molecule has 1 N–H and O–H groups in total. The highest BCUT2D eigenvalue weighted by molar-refractivity contribution is 5.26. The Labute approximate surface area is 98.1 Å². The van der Waals surface area contributed by atoms with Crippen molar-refractivity contribution >= 4 is 0 Å². The van der Waals surface area contributed by atoms with Crippen LogP contribution in [0.15, 0.2) is 12.1 Å². The molecular weight excluding hydrogens is 200 g/mol. The number of hydrogen-bond donors (Lipinski definition) is 1. The van der Waals surface area contributed by atoms with Crippen LogP contribution in [0.4, 0.5) is 0 Å². The summed E-state index contributed by atoms with van der Waals surface area (Å²) < 4.78 is 0.